The number of rotatable bonds is 22. The van der Waals surface area contributed by atoms with Crippen molar-refractivity contribution in [1.82, 2.24) is 88.3 Å². The Hall–Kier alpha value is -9.33. The molecule has 0 saturated carbocycles. The van der Waals surface area contributed by atoms with E-state index in [-0.39, 0.29) is 83.5 Å². The summed E-state index contributed by atoms with van der Waals surface area (Å²) >= 11 is 0. The lowest BCUT2D eigenvalue weighted by Crippen LogP contribution is -2.61. The minimum absolute atomic E-state index is 0.0115. The molecule has 5 heterocycles. The minimum atomic E-state index is -1.83. The van der Waals surface area contributed by atoms with Crippen LogP contribution in [0.1, 0.15) is 94.5 Å². The number of hydrogen-bond acceptors (Lipinski definition) is 20. The van der Waals surface area contributed by atoms with Crippen molar-refractivity contribution >= 4 is 109 Å². The highest BCUT2D eigenvalue weighted by Gasteiger charge is 2.38. The monoisotopic (exact) mass is 1380 g/mol. The standard InChI is InChI=1S/C59H89N23O12S2/c1-32-47(84)74-38(14-5-8-18-60)49(86)75-39(15-6-9-19-61)50(87)76-40(16-7-10-20-62)51(88)77-41(17-11-21-67-58(63)64)52(89)81-56-57(93)82(2)59(94)80-43(23-34-26-65-30-70-34)48(85)69-28-46(83)73-44(24-35-27-66-31-71-35)54(91)78-42(22-33-25-68-37-13-4-3-12-36(33)37)53(90)79-45(29-95-96-56)55(92)72-32/h3-4,12-13,25-27,30-32,38-45,56,68H,5-11,14-24,28-29,60-62H2,1-2H3,(H,65,70)(H,66,71)(H,69,85)(H,72,92)(H,73,83)(H,74,84)(H,75,86)(H,76,87)(H,77,88)(H,78,91)(H,79,90)(H,80,94)(H,81,89)(H4,63,64,67)/t32-,38-,39-,40-,41-,42-,43-,44-,45-,56?/m0/s1. The fourth-order valence-corrected chi connectivity index (χ4v) is 12.7. The Morgan fingerprint density at radius 3 is 1.57 bits per heavy atom. The van der Waals surface area contributed by atoms with Gasteiger partial charge in [0.15, 0.2) is 11.3 Å². The number of imidazole rings is 2. The number of hydrogen-bond donors (Lipinski definition) is 19. The molecule has 10 atom stereocenters. The van der Waals surface area contributed by atoms with Crippen LogP contribution in [0.5, 0.6) is 0 Å². The molecule has 96 heavy (non-hydrogen) atoms. The van der Waals surface area contributed by atoms with E-state index in [1.807, 2.05) is 0 Å². The number of aromatic nitrogens is 5. The van der Waals surface area contributed by atoms with Crippen LogP contribution in [-0.4, -0.2) is 212 Å². The van der Waals surface area contributed by atoms with Crippen molar-refractivity contribution in [3.8, 4) is 0 Å². The SMILES string of the molecule is C[C@@H]1NC(=O)[C@@H]2CSSC(NC(=O)[C@H](CCCN=C(N)N)NC(=O)[C@H](CCCCN)NC(=O)[C@H](CCCCN)NC(=O)[C@H](CCCCN)NC1=O)C(=O)N(C)C(=O)N[C@@H](Cc1cnc[nH]1)C(=O)NCC(=O)N[C@@H](Cc1cnc[nH]1)C(=O)N[C@@H](Cc1c[nH]c3ccccc13)C(=O)N2. The van der Waals surface area contributed by atoms with Gasteiger partial charge in [-0.05, 0) is 109 Å². The number of unbranched alkanes of at least 4 members (excludes halogenated alkanes) is 3. The highest BCUT2D eigenvalue weighted by Crippen LogP contribution is 2.29. The Balaban J connectivity index is 1.50. The highest BCUT2D eigenvalue weighted by atomic mass is 33.1. The van der Waals surface area contributed by atoms with Gasteiger partial charge < -0.3 is 102 Å². The number of nitrogens with two attached hydrogens (primary N) is 5. The first-order valence-corrected chi connectivity index (χ1v) is 34.0. The van der Waals surface area contributed by atoms with Gasteiger partial charge in [0, 0.05) is 79.5 Å². The van der Waals surface area contributed by atoms with Crippen molar-refractivity contribution in [2.75, 3.05) is 45.5 Å². The lowest BCUT2D eigenvalue weighted by atomic mass is 10.0. The number of H-pyrrole nitrogens is 3. The number of likely N-dealkylation sites (N-methyl/N-ethyl adjacent to an activating group) is 1. The first-order valence-electron chi connectivity index (χ1n) is 31.6. The van der Waals surface area contributed by atoms with E-state index in [1.54, 1.807) is 30.5 Å². The van der Waals surface area contributed by atoms with Crippen LogP contribution in [0.2, 0.25) is 0 Å². The van der Waals surface area contributed by atoms with E-state index in [9.17, 15) is 52.7 Å². The number of aliphatic imine (C=N–C) groups is 1. The fourth-order valence-electron chi connectivity index (χ4n) is 10.2. The molecule has 24 N–H and O–H groups in total. The van der Waals surface area contributed by atoms with Crippen LogP contribution >= 0.6 is 21.6 Å². The Morgan fingerprint density at radius 2 is 1.03 bits per heavy atom. The summed E-state index contributed by atoms with van der Waals surface area (Å²) in [6.45, 7) is 1.18. The van der Waals surface area contributed by atoms with Crippen molar-refractivity contribution in [3.05, 3.63) is 72.5 Å². The molecule has 524 valence electrons. The second kappa shape index (κ2) is 38.9. The Bertz CT molecular complexity index is 3310. The summed E-state index contributed by atoms with van der Waals surface area (Å²) in [5.41, 5.74) is 30.7. The molecule has 2 fully saturated rings. The van der Waals surface area contributed by atoms with Gasteiger partial charge in [0.1, 0.15) is 54.4 Å². The Labute approximate surface area is 561 Å². The van der Waals surface area contributed by atoms with E-state index in [2.05, 4.69) is 88.4 Å². The van der Waals surface area contributed by atoms with Crippen molar-refractivity contribution in [2.24, 2.45) is 33.7 Å². The maximum atomic E-state index is 15.2. The Kier molecular flexibility index (Phi) is 30.7. The van der Waals surface area contributed by atoms with Crippen LogP contribution in [0.25, 0.3) is 10.9 Å². The topological polar surface area (TPSA) is 556 Å². The number of carbonyl (C=O) groups excluding carboxylic acids is 12. The molecule has 13 amide bonds. The van der Waals surface area contributed by atoms with Crippen LogP contribution in [0.4, 0.5) is 4.79 Å². The number of fused-ring (bicyclic) bond motifs is 5. The van der Waals surface area contributed by atoms with Crippen LogP contribution in [0.15, 0.2) is 60.5 Å². The van der Waals surface area contributed by atoms with Crippen LogP contribution < -0.4 is 87.2 Å². The molecule has 37 heteroatoms. The summed E-state index contributed by atoms with van der Waals surface area (Å²) < 4.78 is 0. The van der Waals surface area contributed by atoms with Crippen molar-refractivity contribution in [2.45, 2.75) is 157 Å². The van der Waals surface area contributed by atoms with Crippen molar-refractivity contribution in [1.29, 1.82) is 0 Å². The molecule has 3 aromatic heterocycles. The molecular formula is C59H89N23O12S2. The second-order valence-electron chi connectivity index (χ2n) is 23.0. The van der Waals surface area contributed by atoms with Crippen LogP contribution in [-0.2, 0) is 72.0 Å². The first kappa shape index (κ1) is 75.7. The van der Waals surface area contributed by atoms with Gasteiger partial charge in [-0.15, -0.1) is 0 Å². The van der Waals surface area contributed by atoms with Gasteiger partial charge in [0.05, 0.1) is 19.2 Å². The zero-order chi connectivity index (χ0) is 69.7. The molecule has 2 bridgehead atoms. The fraction of sp³-hybridized carbons (Fsp3) is 0.542. The molecule has 0 radical (unpaired) electrons. The summed E-state index contributed by atoms with van der Waals surface area (Å²) in [5.74, 6) is -11.0. The number of para-hydroxylation sites is 1. The first-order chi connectivity index (χ1) is 46.1. The normalized spacial score (nSPS) is 24.0. The van der Waals surface area contributed by atoms with Gasteiger partial charge in [-0.1, -0.05) is 39.8 Å². The smallest absolute Gasteiger partial charge is 0.324 e. The Morgan fingerprint density at radius 1 is 0.542 bits per heavy atom. The minimum Gasteiger partial charge on any atom is -0.370 e. The van der Waals surface area contributed by atoms with Gasteiger partial charge in [-0.3, -0.25) is 62.6 Å². The molecular weight excluding hydrogens is 1290 g/mol. The highest BCUT2D eigenvalue weighted by molar-refractivity contribution is 8.77. The summed E-state index contributed by atoms with van der Waals surface area (Å²) in [6, 6.07) is -7.32. The van der Waals surface area contributed by atoms with Crippen LogP contribution in [0, 0.1) is 0 Å². The maximum Gasteiger partial charge on any atom is 0.324 e. The zero-order valence-corrected chi connectivity index (χ0v) is 55.1. The number of benzene rings is 1. The summed E-state index contributed by atoms with van der Waals surface area (Å²) in [4.78, 5) is 197. The van der Waals surface area contributed by atoms with E-state index in [0.29, 0.717) is 82.1 Å². The van der Waals surface area contributed by atoms with E-state index >= 15 is 4.79 Å². The average molecular weight is 1380 g/mol. The van der Waals surface area contributed by atoms with E-state index in [1.165, 1.54) is 32.0 Å². The third kappa shape index (κ3) is 23.8. The predicted molar refractivity (Wildman–Crippen MR) is 356 cm³/mol. The van der Waals surface area contributed by atoms with E-state index < -0.39 is 143 Å². The molecule has 1 unspecified atom stereocenters. The lowest BCUT2D eigenvalue weighted by molar-refractivity contribution is -0.136. The second-order valence-corrected chi connectivity index (χ2v) is 25.5. The maximum absolute atomic E-state index is 15.2. The third-order valence-corrected chi connectivity index (χ3v) is 18.1. The largest absolute Gasteiger partial charge is 0.370 e. The van der Waals surface area contributed by atoms with E-state index in [4.69, 9.17) is 28.7 Å². The zero-order valence-electron chi connectivity index (χ0n) is 53.5. The van der Waals surface area contributed by atoms with Gasteiger partial charge in [0.25, 0.3) is 5.91 Å². The number of imide groups is 1. The molecule has 1 aromatic carbocycles. The van der Waals surface area contributed by atoms with Gasteiger partial charge in [-0.25, -0.2) is 14.8 Å². The third-order valence-electron chi connectivity index (χ3n) is 15.6. The summed E-state index contributed by atoms with van der Waals surface area (Å²) in [7, 11) is 2.37. The molecule has 2 saturated heterocycles. The van der Waals surface area contributed by atoms with Gasteiger partial charge in [0.2, 0.25) is 59.1 Å². The average Bonchev–Trinajstić information content (AvgIpc) is 1.70. The van der Waals surface area contributed by atoms with E-state index in [0.717, 1.165) is 17.8 Å². The number of aromatic amines is 3. The summed E-state index contributed by atoms with van der Waals surface area (Å²) in [6.07, 6.45) is 8.46. The number of urea groups is 1. The number of guanidine groups is 1. The molecule has 4 aromatic rings. The molecule has 0 aliphatic carbocycles. The number of nitrogens with zero attached hydrogens (tertiary/aromatic N) is 4. The molecule has 0 spiro atoms. The molecule has 2 aliphatic rings. The van der Waals surface area contributed by atoms with Gasteiger partial charge in [-0.2, -0.15) is 0 Å². The number of carbonyl (C=O) groups is 12. The predicted octanol–water partition coefficient (Wildman–Crippen LogP) is -4.52. The van der Waals surface area contributed by atoms with Crippen molar-refractivity contribution in [3.63, 3.8) is 0 Å². The number of amides is 13. The lowest BCUT2D eigenvalue weighted by Gasteiger charge is -2.29. The quantitative estimate of drug-likeness (QED) is 0.0153. The van der Waals surface area contributed by atoms with Crippen molar-refractivity contribution < 1.29 is 57.5 Å². The molecule has 35 nitrogen and oxygen atoms in total. The molecule has 2 aliphatic heterocycles. The van der Waals surface area contributed by atoms with Gasteiger partial charge >= 0.3 is 6.03 Å². The molecule has 6 rings (SSSR count). The van der Waals surface area contributed by atoms with Crippen LogP contribution in [0.3, 0.4) is 0 Å². The summed E-state index contributed by atoms with van der Waals surface area (Å²) in [5, 5.41) is 27.9. The number of nitrogens with one attached hydrogen (secondary N) is 14.